The molecule has 7 heteroatoms. The van der Waals surface area contributed by atoms with Crippen molar-refractivity contribution in [2.45, 2.75) is 71.5 Å². The van der Waals surface area contributed by atoms with E-state index >= 15 is 0 Å². The standard InChI is InChI=1S/C21H32N6.HI/c1-5-17-10-12-18(13-11-17)15(2)23-21(24-19-8-6-7-9-19)22-14-20-26-25-16(3)27(20)4;/h10-13,15,19H,5-9,14H2,1-4H3,(H2,22,23,24);1H. The van der Waals surface area contributed by atoms with Crippen LogP contribution in [-0.4, -0.2) is 26.8 Å². The minimum absolute atomic E-state index is 0. The van der Waals surface area contributed by atoms with Crippen LogP contribution in [-0.2, 0) is 20.0 Å². The molecule has 0 saturated heterocycles. The van der Waals surface area contributed by atoms with Crippen molar-refractivity contribution in [3.05, 3.63) is 47.0 Å². The molecule has 0 amide bonds. The minimum atomic E-state index is 0. The summed E-state index contributed by atoms with van der Waals surface area (Å²) in [4.78, 5) is 4.80. The van der Waals surface area contributed by atoms with Crippen LogP contribution in [0.1, 0.15) is 68.3 Å². The molecule has 1 heterocycles. The Morgan fingerprint density at radius 3 is 2.46 bits per heavy atom. The lowest BCUT2D eigenvalue weighted by Gasteiger charge is -2.22. The Kier molecular flexibility index (Phi) is 8.72. The van der Waals surface area contributed by atoms with Crippen LogP contribution >= 0.6 is 24.0 Å². The van der Waals surface area contributed by atoms with E-state index in [2.05, 4.69) is 58.9 Å². The highest BCUT2D eigenvalue weighted by Gasteiger charge is 2.18. The van der Waals surface area contributed by atoms with Gasteiger partial charge in [0.15, 0.2) is 11.8 Å². The zero-order valence-corrected chi connectivity index (χ0v) is 19.7. The maximum absolute atomic E-state index is 4.80. The van der Waals surface area contributed by atoms with Crippen molar-refractivity contribution < 1.29 is 0 Å². The summed E-state index contributed by atoms with van der Waals surface area (Å²) in [6.45, 7) is 6.83. The maximum atomic E-state index is 4.80. The number of rotatable bonds is 6. The van der Waals surface area contributed by atoms with Gasteiger partial charge in [-0.25, -0.2) is 4.99 Å². The van der Waals surface area contributed by atoms with Crippen LogP contribution in [0.3, 0.4) is 0 Å². The van der Waals surface area contributed by atoms with Gasteiger partial charge in [0.2, 0.25) is 0 Å². The number of benzene rings is 1. The van der Waals surface area contributed by atoms with E-state index in [9.17, 15) is 0 Å². The first-order valence-corrected chi connectivity index (χ1v) is 10.1. The number of nitrogens with zero attached hydrogens (tertiary/aromatic N) is 4. The van der Waals surface area contributed by atoms with Crippen molar-refractivity contribution >= 4 is 29.9 Å². The van der Waals surface area contributed by atoms with E-state index in [0.29, 0.717) is 12.6 Å². The molecule has 1 fully saturated rings. The molecular formula is C21H33IN6. The number of hydrogen-bond acceptors (Lipinski definition) is 3. The van der Waals surface area contributed by atoms with E-state index in [1.807, 2.05) is 18.5 Å². The normalized spacial score (nSPS) is 15.9. The molecule has 28 heavy (non-hydrogen) atoms. The number of halogens is 1. The highest BCUT2D eigenvalue weighted by atomic mass is 127. The van der Waals surface area contributed by atoms with E-state index in [-0.39, 0.29) is 30.0 Å². The van der Waals surface area contributed by atoms with Gasteiger partial charge in [-0.05, 0) is 44.2 Å². The summed E-state index contributed by atoms with van der Waals surface area (Å²) in [5.74, 6) is 2.64. The summed E-state index contributed by atoms with van der Waals surface area (Å²) in [6, 6.07) is 9.51. The zero-order chi connectivity index (χ0) is 19.2. The average molecular weight is 496 g/mol. The number of nitrogens with one attached hydrogen (secondary N) is 2. The smallest absolute Gasteiger partial charge is 0.192 e. The van der Waals surface area contributed by atoms with Crippen LogP contribution in [0.2, 0.25) is 0 Å². The summed E-state index contributed by atoms with van der Waals surface area (Å²) in [5, 5.41) is 15.5. The van der Waals surface area contributed by atoms with Crippen molar-refractivity contribution in [2.75, 3.05) is 0 Å². The Morgan fingerprint density at radius 1 is 1.21 bits per heavy atom. The Labute approximate surface area is 185 Å². The highest BCUT2D eigenvalue weighted by Crippen LogP contribution is 2.18. The minimum Gasteiger partial charge on any atom is -0.354 e. The van der Waals surface area contributed by atoms with Crippen molar-refractivity contribution in [3.8, 4) is 0 Å². The predicted molar refractivity (Wildman–Crippen MR) is 125 cm³/mol. The molecule has 1 unspecified atom stereocenters. The molecule has 1 aromatic carbocycles. The first kappa shape index (κ1) is 22.6. The van der Waals surface area contributed by atoms with Gasteiger partial charge in [-0.2, -0.15) is 0 Å². The molecule has 6 nitrogen and oxygen atoms in total. The summed E-state index contributed by atoms with van der Waals surface area (Å²) >= 11 is 0. The number of aliphatic imine (C=N–C) groups is 1. The van der Waals surface area contributed by atoms with Crippen LogP contribution in [0.4, 0.5) is 0 Å². The third-order valence-corrected chi connectivity index (χ3v) is 5.50. The molecule has 1 atom stereocenters. The Morgan fingerprint density at radius 2 is 1.89 bits per heavy atom. The fraction of sp³-hybridized carbons (Fsp3) is 0.571. The van der Waals surface area contributed by atoms with Gasteiger partial charge in [-0.1, -0.05) is 44.0 Å². The van der Waals surface area contributed by atoms with Crippen LogP contribution < -0.4 is 10.6 Å². The second-order valence-electron chi connectivity index (χ2n) is 7.47. The fourth-order valence-electron chi connectivity index (χ4n) is 3.47. The summed E-state index contributed by atoms with van der Waals surface area (Å²) in [6.07, 6.45) is 6.07. The molecule has 0 bridgehead atoms. The number of aryl methyl sites for hydroxylation is 2. The lowest BCUT2D eigenvalue weighted by Crippen LogP contribution is -2.43. The van der Waals surface area contributed by atoms with Gasteiger partial charge in [0.05, 0.1) is 6.04 Å². The highest BCUT2D eigenvalue weighted by molar-refractivity contribution is 14.0. The van der Waals surface area contributed by atoms with E-state index in [1.165, 1.54) is 36.8 Å². The summed E-state index contributed by atoms with van der Waals surface area (Å²) < 4.78 is 1.99. The van der Waals surface area contributed by atoms with Gasteiger partial charge in [0.1, 0.15) is 12.4 Å². The Hall–Kier alpha value is -1.64. The molecule has 1 saturated carbocycles. The Bertz CT molecular complexity index is 762. The predicted octanol–water partition coefficient (Wildman–Crippen LogP) is 4.04. The number of hydrogen-bond donors (Lipinski definition) is 2. The van der Waals surface area contributed by atoms with Gasteiger partial charge >= 0.3 is 0 Å². The molecule has 2 N–H and O–H groups in total. The van der Waals surface area contributed by atoms with Crippen molar-refractivity contribution in [2.24, 2.45) is 12.0 Å². The van der Waals surface area contributed by atoms with Gasteiger partial charge < -0.3 is 15.2 Å². The lowest BCUT2D eigenvalue weighted by atomic mass is 10.1. The number of aromatic nitrogens is 3. The average Bonchev–Trinajstić information content (AvgIpc) is 3.30. The summed E-state index contributed by atoms with van der Waals surface area (Å²) in [5.41, 5.74) is 2.63. The third kappa shape index (κ3) is 5.93. The van der Waals surface area contributed by atoms with Gasteiger partial charge in [0, 0.05) is 13.1 Å². The molecule has 1 aliphatic carbocycles. The Balaban J connectivity index is 0.00000280. The molecule has 2 aromatic rings. The largest absolute Gasteiger partial charge is 0.354 e. The summed E-state index contributed by atoms with van der Waals surface area (Å²) in [7, 11) is 1.98. The first-order chi connectivity index (χ1) is 13.1. The third-order valence-electron chi connectivity index (χ3n) is 5.50. The molecular weight excluding hydrogens is 463 g/mol. The van der Waals surface area contributed by atoms with Gasteiger partial charge in [-0.15, -0.1) is 34.2 Å². The van der Waals surface area contributed by atoms with Crippen molar-refractivity contribution in [1.82, 2.24) is 25.4 Å². The molecule has 1 aromatic heterocycles. The molecule has 154 valence electrons. The monoisotopic (exact) mass is 496 g/mol. The first-order valence-electron chi connectivity index (χ1n) is 10.1. The fourth-order valence-corrected chi connectivity index (χ4v) is 3.47. The molecule has 0 spiro atoms. The van der Waals surface area contributed by atoms with Crippen LogP contribution in [0.25, 0.3) is 0 Å². The maximum Gasteiger partial charge on any atom is 0.192 e. The molecule has 0 radical (unpaired) electrons. The second kappa shape index (κ2) is 10.8. The zero-order valence-electron chi connectivity index (χ0n) is 17.4. The topological polar surface area (TPSA) is 67.1 Å². The molecule has 0 aliphatic heterocycles. The van der Waals surface area contributed by atoms with Crippen molar-refractivity contribution in [3.63, 3.8) is 0 Å². The van der Waals surface area contributed by atoms with E-state index < -0.39 is 0 Å². The van der Waals surface area contributed by atoms with E-state index in [4.69, 9.17) is 4.99 Å². The van der Waals surface area contributed by atoms with Gasteiger partial charge in [-0.3, -0.25) is 0 Å². The van der Waals surface area contributed by atoms with Crippen LogP contribution in [0.5, 0.6) is 0 Å². The van der Waals surface area contributed by atoms with E-state index in [1.54, 1.807) is 0 Å². The van der Waals surface area contributed by atoms with Gasteiger partial charge in [0.25, 0.3) is 0 Å². The lowest BCUT2D eigenvalue weighted by molar-refractivity contribution is 0.592. The van der Waals surface area contributed by atoms with E-state index in [0.717, 1.165) is 24.0 Å². The quantitative estimate of drug-likeness (QED) is 0.360. The van der Waals surface area contributed by atoms with Crippen molar-refractivity contribution in [1.29, 1.82) is 0 Å². The number of guanidine groups is 1. The molecule has 1 aliphatic rings. The SMILES string of the molecule is CCc1ccc(C(C)NC(=NCc2nnc(C)n2C)NC2CCCC2)cc1.I. The second-order valence-corrected chi connectivity index (χ2v) is 7.47. The van der Waals surface area contributed by atoms with Crippen LogP contribution in [0.15, 0.2) is 29.3 Å². The molecule has 3 rings (SSSR count). The van der Waals surface area contributed by atoms with Crippen LogP contribution in [0, 0.1) is 6.92 Å².